The lowest BCUT2D eigenvalue weighted by Gasteiger charge is -2.15. The van der Waals surface area contributed by atoms with E-state index in [1.165, 1.54) is 4.88 Å². The summed E-state index contributed by atoms with van der Waals surface area (Å²) in [6, 6.07) is 2.14. The second-order valence-electron chi connectivity index (χ2n) is 3.29. The van der Waals surface area contributed by atoms with E-state index < -0.39 is 0 Å². The van der Waals surface area contributed by atoms with Gasteiger partial charge in [-0.25, -0.2) is 0 Å². The summed E-state index contributed by atoms with van der Waals surface area (Å²) in [5.41, 5.74) is 1.06. The highest BCUT2D eigenvalue weighted by Crippen LogP contribution is 2.20. The zero-order valence-corrected chi connectivity index (χ0v) is 11.3. The Morgan fingerprint density at radius 2 is 2.43 bits per heavy atom. The molecule has 0 spiro atoms. The molecule has 0 aromatic carbocycles. The van der Waals surface area contributed by atoms with Crippen LogP contribution in [0.3, 0.4) is 0 Å². The van der Waals surface area contributed by atoms with Crippen molar-refractivity contribution in [3.8, 4) is 0 Å². The molecular weight excluding hydrogens is 282 g/mol. The summed E-state index contributed by atoms with van der Waals surface area (Å²) in [7, 11) is 2.07. The minimum atomic E-state index is 0.540. The molecule has 1 rings (SSSR count). The number of hydrogen-bond donors (Lipinski definition) is 0. The fourth-order valence-electron chi connectivity index (χ4n) is 1.18. The Morgan fingerprint density at radius 3 is 2.93 bits per heavy atom. The van der Waals surface area contributed by atoms with Crippen molar-refractivity contribution in [1.29, 1.82) is 0 Å². The van der Waals surface area contributed by atoms with Gasteiger partial charge in [0, 0.05) is 33.7 Å². The normalized spacial score (nSPS) is 10.9. The van der Waals surface area contributed by atoms with E-state index in [1.54, 1.807) is 11.3 Å². The Hall–Kier alpha value is 0.170. The van der Waals surface area contributed by atoms with Gasteiger partial charge in [0.25, 0.3) is 0 Å². The van der Waals surface area contributed by atoms with Crippen molar-refractivity contribution in [1.82, 2.24) is 4.90 Å². The van der Waals surface area contributed by atoms with Crippen LogP contribution in [0.15, 0.2) is 28.1 Å². The fourth-order valence-corrected chi connectivity index (χ4v) is 2.80. The molecular formula is C10H13BrClNS. The molecule has 1 heterocycles. The van der Waals surface area contributed by atoms with E-state index in [-0.39, 0.29) is 0 Å². The second-order valence-corrected chi connectivity index (χ2v) is 5.47. The first-order valence-electron chi connectivity index (χ1n) is 4.26. The van der Waals surface area contributed by atoms with E-state index in [2.05, 4.69) is 45.9 Å². The molecule has 0 aliphatic heterocycles. The number of likely N-dealkylation sites (N-methyl/N-ethyl adjacent to an activating group) is 1. The zero-order valence-electron chi connectivity index (χ0n) is 8.09. The van der Waals surface area contributed by atoms with Crippen LogP contribution in [0.4, 0.5) is 0 Å². The van der Waals surface area contributed by atoms with Crippen LogP contribution in [0.25, 0.3) is 0 Å². The summed E-state index contributed by atoms with van der Waals surface area (Å²) in [5.74, 6) is 0.540. The molecule has 14 heavy (non-hydrogen) atoms. The van der Waals surface area contributed by atoms with E-state index in [0.29, 0.717) is 5.88 Å². The Balaban J connectivity index is 2.41. The number of thiophene rings is 1. The number of hydrogen-bond acceptors (Lipinski definition) is 2. The van der Waals surface area contributed by atoms with Gasteiger partial charge in [-0.1, -0.05) is 6.58 Å². The van der Waals surface area contributed by atoms with Gasteiger partial charge < -0.3 is 0 Å². The third-order valence-corrected chi connectivity index (χ3v) is 3.79. The van der Waals surface area contributed by atoms with Gasteiger partial charge in [-0.2, -0.15) is 0 Å². The highest BCUT2D eigenvalue weighted by molar-refractivity contribution is 9.10. The molecule has 1 aromatic rings. The maximum absolute atomic E-state index is 5.67. The largest absolute Gasteiger partial charge is 0.297 e. The van der Waals surface area contributed by atoms with Crippen molar-refractivity contribution in [3.63, 3.8) is 0 Å². The Morgan fingerprint density at radius 1 is 1.71 bits per heavy atom. The fraction of sp³-hybridized carbons (Fsp3) is 0.400. The molecule has 4 heteroatoms. The van der Waals surface area contributed by atoms with Gasteiger partial charge in [0.2, 0.25) is 0 Å². The van der Waals surface area contributed by atoms with Crippen LogP contribution in [-0.4, -0.2) is 24.4 Å². The van der Waals surface area contributed by atoms with Crippen molar-refractivity contribution >= 4 is 38.9 Å². The van der Waals surface area contributed by atoms with Gasteiger partial charge in [0.1, 0.15) is 0 Å². The summed E-state index contributed by atoms with van der Waals surface area (Å²) < 4.78 is 1.15. The SMILES string of the molecule is C=C(CCl)CN(C)Cc1cc(Br)cs1. The minimum Gasteiger partial charge on any atom is -0.297 e. The Labute approximate surface area is 103 Å². The van der Waals surface area contributed by atoms with E-state index >= 15 is 0 Å². The highest BCUT2D eigenvalue weighted by Gasteiger charge is 2.03. The molecule has 0 N–H and O–H groups in total. The molecule has 78 valence electrons. The van der Waals surface area contributed by atoms with Gasteiger partial charge >= 0.3 is 0 Å². The first-order chi connectivity index (χ1) is 6.61. The maximum atomic E-state index is 5.67. The van der Waals surface area contributed by atoms with Gasteiger partial charge in [-0.15, -0.1) is 22.9 Å². The lowest BCUT2D eigenvalue weighted by atomic mass is 10.3. The smallest absolute Gasteiger partial charge is 0.0443 e. The molecule has 1 aromatic heterocycles. The van der Waals surface area contributed by atoms with E-state index in [4.69, 9.17) is 11.6 Å². The lowest BCUT2D eigenvalue weighted by Crippen LogP contribution is -2.20. The molecule has 0 bridgehead atoms. The predicted octanol–water partition coefficient (Wildman–Crippen LogP) is 3.74. The zero-order chi connectivity index (χ0) is 10.6. The van der Waals surface area contributed by atoms with Crippen LogP contribution < -0.4 is 0 Å². The number of nitrogens with zero attached hydrogens (tertiary/aromatic N) is 1. The van der Waals surface area contributed by atoms with Crippen LogP contribution in [0.5, 0.6) is 0 Å². The van der Waals surface area contributed by atoms with Crippen LogP contribution in [0.2, 0.25) is 0 Å². The minimum absolute atomic E-state index is 0.540. The maximum Gasteiger partial charge on any atom is 0.0443 e. The van der Waals surface area contributed by atoms with Gasteiger partial charge in [-0.05, 0) is 34.6 Å². The first-order valence-corrected chi connectivity index (χ1v) is 6.46. The van der Waals surface area contributed by atoms with Gasteiger partial charge in [-0.3, -0.25) is 4.90 Å². The number of alkyl halides is 1. The Bertz CT molecular complexity index is 311. The van der Waals surface area contributed by atoms with Crippen molar-refractivity contribution in [3.05, 3.63) is 32.9 Å². The van der Waals surface area contributed by atoms with Crippen LogP contribution in [0.1, 0.15) is 4.88 Å². The molecule has 1 nitrogen and oxygen atoms in total. The van der Waals surface area contributed by atoms with E-state index in [0.717, 1.165) is 23.1 Å². The molecule has 0 saturated carbocycles. The molecule has 0 radical (unpaired) electrons. The number of halogens is 2. The lowest BCUT2D eigenvalue weighted by molar-refractivity contribution is 0.359. The average molecular weight is 295 g/mol. The topological polar surface area (TPSA) is 3.24 Å². The molecule has 0 unspecified atom stereocenters. The van der Waals surface area contributed by atoms with Crippen LogP contribution in [0, 0.1) is 0 Å². The average Bonchev–Trinajstić information content (AvgIpc) is 2.50. The summed E-state index contributed by atoms with van der Waals surface area (Å²) in [6.45, 7) is 5.69. The molecule has 0 aliphatic rings. The molecule has 0 aliphatic carbocycles. The van der Waals surface area contributed by atoms with Gasteiger partial charge in [0.15, 0.2) is 0 Å². The summed E-state index contributed by atoms with van der Waals surface area (Å²) >= 11 is 10.9. The third-order valence-electron chi connectivity index (χ3n) is 1.73. The van der Waals surface area contributed by atoms with Crippen molar-refractivity contribution in [2.75, 3.05) is 19.5 Å². The highest BCUT2D eigenvalue weighted by atomic mass is 79.9. The van der Waals surface area contributed by atoms with Crippen LogP contribution >= 0.6 is 38.9 Å². The van der Waals surface area contributed by atoms with Crippen molar-refractivity contribution in [2.45, 2.75) is 6.54 Å². The molecule has 0 atom stereocenters. The molecule has 0 saturated heterocycles. The monoisotopic (exact) mass is 293 g/mol. The van der Waals surface area contributed by atoms with E-state index in [1.807, 2.05) is 0 Å². The first kappa shape index (κ1) is 12.2. The summed E-state index contributed by atoms with van der Waals surface area (Å²) in [5, 5.41) is 2.10. The Kier molecular flexibility index (Phi) is 5.17. The van der Waals surface area contributed by atoms with E-state index in [9.17, 15) is 0 Å². The number of rotatable bonds is 5. The van der Waals surface area contributed by atoms with Crippen LogP contribution in [-0.2, 0) is 6.54 Å². The predicted molar refractivity (Wildman–Crippen MR) is 68.2 cm³/mol. The standard InChI is InChI=1S/C10H13BrClNS/c1-8(4-12)5-13(2)6-10-3-9(11)7-14-10/h3,7H,1,4-6H2,2H3. The summed E-state index contributed by atoms with van der Waals surface area (Å²) in [4.78, 5) is 3.56. The quantitative estimate of drug-likeness (QED) is 0.591. The summed E-state index contributed by atoms with van der Waals surface area (Å²) in [6.07, 6.45) is 0. The van der Waals surface area contributed by atoms with Crippen molar-refractivity contribution in [2.24, 2.45) is 0 Å². The second kappa shape index (κ2) is 5.91. The molecule has 0 amide bonds. The molecule has 0 fully saturated rings. The van der Waals surface area contributed by atoms with Crippen molar-refractivity contribution < 1.29 is 0 Å². The van der Waals surface area contributed by atoms with Gasteiger partial charge in [0.05, 0.1) is 0 Å². The third kappa shape index (κ3) is 4.13.